The fourth-order valence-electron chi connectivity index (χ4n) is 2.70. The van der Waals surface area contributed by atoms with Crippen molar-refractivity contribution in [3.8, 4) is 0 Å². The van der Waals surface area contributed by atoms with E-state index in [0.717, 1.165) is 25.6 Å². The average molecular weight is 381 g/mol. The van der Waals surface area contributed by atoms with E-state index in [1.54, 1.807) is 19.3 Å². The number of aliphatic imine (C=N–C) groups is 1. The van der Waals surface area contributed by atoms with Gasteiger partial charge in [0.1, 0.15) is 0 Å². The number of hydrogen-bond donors (Lipinski definition) is 2. The number of halogens is 3. The molecular weight excluding hydrogens is 355 g/mol. The molecule has 1 atom stereocenters. The zero-order valence-electron chi connectivity index (χ0n) is 15.6. The maximum absolute atomic E-state index is 12.8. The van der Waals surface area contributed by atoms with Gasteiger partial charge < -0.3 is 10.6 Å². The molecule has 0 amide bonds. The Balaban J connectivity index is 1.72. The molecule has 2 N–H and O–H groups in total. The van der Waals surface area contributed by atoms with E-state index in [-0.39, 0.29) is 5.92 Å². The minimum absolute atomic E-state index is 0.0118. The molecule has 0 aliphatic rings. The van der Waals surface area contributed by atoms with Crippen molar-refractivity contribution in [2.45, 2.75) is 38.4 Å². The highest BCUT2D eigenvalue weighted by Crippen LogP contribution is 2.31. The van der Waals surface area contributed by atoms with Gasteiger partial charge >= 0.3 is 6.18 Å². The number of nitrogens with zero attached hydrogens (tertiary/aromatic N) is 3. The number of hydrogen-bond acceptors (Lipinski definition) is 2. The lowest BCUT2D eigenvalue weighted by atomic mass is 9.96. The quantitative estimate of drug-likeness (QED) is 0.417. The summed E-state index contributed by atoms with van der Waals surface area (Å²) >= 11 is 0. The second-order valence-corrected chi connectivity index (χ2v) is 6.36. The highest BCUT2D eigenvalue weighted by Gasteiger charge is 2.30. The minimum Gasteiger partial charge on any atom is -0.356 e. The topological polar surface area (TPSA) is 54.2 Å². The van der Waals surface area contributed by atoms with Crippen molar-refractivity contribution in [3.05, 3.63) is 53.9 Å². The predicted octanol–water partition coefficient (Wildman–Crippen LogP) is 3.65. The summed E-state index contributed by atoms with van der Waals surface area (Å²) in [6.07, 6.45) is 0.968. The number of aryl methyl sites for hydroxylation is 1. The lowest BCUT2D eigenvalue weighted by Crippen LogP contribution is -2.38. The van der Waals surface area contributed by atoms with E-state index in [1.165, 1.54) is 12.1 Å². The van der Waals surface area contributed by atoms with Gasteiger partial charge in [-0.3, -0.25) is 9.67 Å². The van der Waals surface area contributed by atoms with Gasteiger partial charge in [-0.05, 0) is 36.5 Å². The van der Waals surface area contributed by atoms with Crippen molar-refractivity contribution in [2.75, 3.05) is 20.1 Å². The maximum atomic E-state index is 12.8. The average Bonchev–Trinajstić information content (AvgIpc) is 3.16. The van der Waals surface area contributed by atoms with E-state index in [9.17, 15) is 13.2 Å². The largest absolute Gasteiger partial charge is 0.416 e. The SMILES string of the molecule is CN=C(NCCCn1cccn1)NCCC(C)c1cccc(C(F)(F)F)c1. The molecule has 8 heteroatoms. The molecule has 0 fully saturated rings. The van der Waals surface area contributed by atoms with Gasteiger partial charge in [0.05, 0.1) is 5.56 Å². The third-order valence-electron chi connectivity index (χ3n) is 4.29. The standard InChI is InChI=1S/C19H26F3N5/c1-15(16-6-3-7-17(14-16)19(20,21)22)8-11-25-18(23-2)24-9-4-12-27-13-5-10-26-27/h3,5-7,10,13-15H,4,8-9,11-12H2,1-2H3,(H2,23,24,25). The number of benzene rings is 1. The number of alkyl halides is 3. The molecule has 0 bridgehead atoms. The van der Waals surface area contributed by atoms with Crippen LogP contribution in [0.1, 0.15) is 36.8 Å². The molecule has 1 heterocycles. The maximum Gasteiger partial charge on any atom is 0.416 e. The molecule has 2 rings (SSSR count). The molecule has 1 aromatic carbocycles. The van der Waals surface area contributed by atoms with E-state index in [0.29, 0.717) is 24.5 Å². The molecule has 5 nitrogen and oxygen atoms in total. The Kier molecular flexibility index (Phi) is 7.69. The molecule has 0 aliphatic carbocycles. The fourth-order valence-corrected chi connectivity index (χ4v) is 2.70. The second-order valence-electron chi connectivity index (χ2n) is 6.36. The van der Waals surface area contributed by atoms with Crippen LogP contribution in [0.15, 0.2) is 47.7 Å². The third kappa shape index (κ3) is 6.96. The van der Waals surface area contributed by atoms with E-state index < -0.39 is 11.7 Å². The first kappa shape index (κ1) is 20.8. The molecular formula is C19H26F3N5. The summed E-state index contributed by atoms with van der Waals surface area (Å²) in [5.41, 5.74) is 0.0864. The molecule has 0 saturated carbocycles. The van der Waals surface area contributed by atoms with Crippen LogP contribution < -0.4 is 10.6 Å². The number of nitrogens with one attached hydrogen (secondary N) is 2. The van der Waals surface area contributed by atoms with Crippen LogP contribution in [0.4, 0.5) is 13.2 Å². The fraction of sp³-hybridized carbons (Fsp3) is 0.474. The zero-order chi connectivity index (χ0) is 19.7. The molecule has 27 heavy (non-hydrogen) atoms. The zero-order valence-corrected chi connectivity index (χ0v) is 15.6. The molecule has 2 aromatic rings. The Morgan fingerprint density at radius 2 is 2.00 bits per heavy atom. The van der Waals surface area contributed by atoms with E-state index in [4.69, 9.17) is 0 Å². The lowest BCUT2D eigenvalue weighted by molar-refractivity contribution is -0.137. The summed E-state index contributed by atoms with van der Waals surface area (Å²) < 4.78 is 40.4. The van der Waals surface area contributed by atoms with Crippen molar-refractivity contribution >= 4 is 5.96 Å². The summed E-state index contributed by atoms with van der Waals surface area (Å²) in [6, 6.07) is 7.42. The van der Waals surface area contributed by atoms with Crippen LogP contribution in [0.3, 0.4) is 0 Å². The van der Waals surface area contributed by atoms with Gasteiger partial charge in [-0.2, -0.15) is 18.3 Å². The summed E-state index contributed by atoms with van der Waals surface area (Å²) in [4.78, 5) is 4.16. The molecule has 0 saturated heterocycles. The summed E-state index contributed by atoms with van der Waals surface area (Å²) in [7, 11) is 1.69. The lowest BCUT2D eigenvalue weighted by Gasteiger charge is -2.16. The Hall–Kier alpha value is -2.51. The molecule has 0 aliphatic heterocycles. The van der Waals surface area contributed by atoms with E-state index >= 15 is 0 Å². The van der Waals surface area contributed by atoms with Gasteiger partial charge in [0.2, 0.25) is 0 Å². The Labute approximate surface area is 157 Å². The third-order valence-corrected chi connectivity index (χ3v) is 4.29. The first-order valence-electron chi connectivity index (χ1n) is 8.99. The Morgan fingerprint density at radius 3 is 2.67 bits per heavy atom. The number of guanidine groups is 1. The van der Waals surface area contributed by atoms with Gasteiger partial charge in [0.15, 0.2) is 5.96 Å². The van der Waals surface area contributed by atoms with Gasteiger partial charge in [0, 0.05) is 39.1 Å². The van der Waals surface area contributed by atoms with E-state index in [1.807, 2.05) is 23.9 Å². The predicted molar refractivity (Wildman–Crippen MR) is 101 cm³/mol. The van der Waals surface area contributed by atoms with Gasteiger partial charge in [-0.1, -0.05) is 25.1 Å². The molecule has 0 spiro atoms. The van der Waals surface area contributed by atoms with Crippen LogP contribution in [-0.4, -0.2) is 35.9 Å². The van der Waals surface area contributed by atoms with Crippen molar-refractivity contribution in [1.29, 1.82) is 0 Å². The van der Waals surface area contributed by atoms with Gasteiger partial charge in [-0.25, -0.2) is 0 Å². The first-order chi connectivity index (χ1) is 12.9. The van der Waals surface area contributed by atoms with Crippen LogP contribution >= 0.6 is 0 Å². The van der Waals surface area contributed by atoms with Crippen LogP contribution in [0.2, 0.25) is 0 Å². The number of rotatable bonds is 8. The van der Waals surface area contributed by atoms with Crippen molar-refractivity contribution in [2.24, 2.45) is 4.99 Å². The monoisotopic (exact) mass is 381 g/mol. The first-order valence-corrected chi connectivity index (χ1v) is 8.99. The normalized spacial score (nSPS) is 13.4. The summed E-state index contributed by atoms with van der Waals surface area (Å²) in [5, 5.41) is 10.6. The van der Waals surface area contributed by atoms with E-state index in [2.05, 4.69) is 20.7 Å². The van der Waals surface area contributed by atoms with Crippen molar-refractivity contribution < 1.29 is 13.2 Å². The van der Waals surface area contributed by atoms with Crippen molar-refractivity contribution in [3.63, 3.8) is 0 Å². The smallest absolute Gasteiger partial charge is 0.356 e. The summed E-state index contributed by atoms with van der Waals surface area (Å²) in [5.74, 6) is 0.699. The van der Waals surface area contributed by atoms with Gasteiger partial charge in [-0.15, -0.1) is 0 Å². The second kappa shape index (κ2) is 9.99. The Morgan fingerprint density at radius 1 is 1.22 bits per heavy atom. The van der Waals surface area contributed by atoms with Crippen molar-refractivity contribution in [1.82, 2.24) is 20.4 Å². The Bertz CT molecular complexity index is 710. The van der Waals surface area contributed by atoms with Crippen LogP contribution in [-0.2, 0) is 12.7 Å². The minimum atomic E-state index is -4.31. The van der Waals surface area contributed by atoms with Gasteiger partial charge in [0.25, 0.3) is 0 Å². The number of aromatic nitrogens is 2. The molecule has 1 unspecified atom stereocenters. The highest BCUT2D eigenvalue weighted by molar-refractivity contribution is 5.79. The molecule has 148 valence electrons. The van der Waals surface area contributed by atoms with Crippen LogP contribution in [0.5, 0.6) is 0 Å². The van der Waals surface area contributed by atoms with Crippen LogP contribution in [0.25, 0.3) is 0 Å². The molecule has 1 aromatic heterocycles. The van der Waals surface area contributed by atoms with Crippen LogP contribution in [0, 0.1) is 0 Å². The highest BCUT2D eigenvalue weighted by atomic mass is 19.4. The molecule has 0 radical (unpaired) electrons. The summed E-state index contributed by atoms with van der Waals surface area (Å²) in [6.45, 7) is 4.12.